The number of hydrazone groups is 1. The highest BCUT2D eigenvalue weighted by atomic mass is 35.5. The quantitative estimate of drug-likeness (QED) is 0.519. The van der Waals surface area contributed by atoms with Gasteiger partial charge in [0.25, 0.3) is 5.91 Å². The third-order valence-corrected chi connectivity index (χ3v) is 7.74. The lowest BCUT2D eigenvalue weighted by Gasteiger charge is -2.34. The van der Waals surface area contributed by atoms with E-state index in [1.165, 1.54) is 11.1 Å². The van der Waals surface area contributed by atoms with E-state index in [9.17, 15) is 14.0 Å². The van der Waals surface area contributed by atoms with Crippen LogP contribution in [0.25, 0.3) is 0 Å². The van der Waals surface area contributed by atoms with E-state index in [-0.39, 0.29) is 30.1 Å². The molecule has 196 valence electrons. The summed E-state index contributed by atoms with van der Waals surface area (Å²) >= 11 is 6.10. The maximum atomic E-state index is 14.6. The standard InChI is InChI=1S/C28H32ClFN4O3/c29-22-10-8-20(9-11-22)26-18-25(23-6-1-2-7-24(23)30)31-34(26)27(35)19-33(28(36)21-4-3-5-21)13-12-32-14-16-37-17-15-32/h1-2,6-11,21,26H,3-5,12-19H2/t26-/m0/s1. The van der Waals surface area contributed by atoms with E-state index in [1.807, 2.05) is 12.1 Å². The smallest absolute Gasteiger partial charge is 0.262 e. The normalized spacial score (nSPS) is 20.4. The molecule has 0 aromatic heterocycles. The van der Waals surface area contributed by atoms with Crippen molar-refractivity contribution in [1.29, 1.82) is 0 Å². The summed E-state index contributed by atoms with van der Waals surface area (Å²) in [5.41, 5.74) is 1.75. The van der Waals surface area contributed by atoms with Crippen LogP contribution in [0.5, 0.6) is 0 Å². The first-order valence-electron chi connectivity index (χ1n) is 13.0. The Bertz CT molecular complexity index is 1150. The molecule has 1 saturated carbocycles. The highest BCUT2D eigenvalue weighted by molar-refractivity contribution is 6.30. The Morgan fingerprint density at radius 2 is 1.81 bits per heavy atom. The van der Waals surface area contributed by atoms with Crippen LogP contribution >= 0.6 is 11.6 Å². The van der Waals surface area contributed by atoms with E-state index in [1.54, 1.807) is 35.2 Å². The van der Waals surface area contributed by atoms with E-state index in [0.717, 1.165) is 37.9 Å². The molecule has 0 unspecified atom stereocenters. The number of amides is 2. The lowest BCUT2D eigenvalue weighted by molar-refractivity contribution is -0.145. The van der Waals surface area contributed by atoms with E-state index < -0.39 is 6.04 Å². The summed E-state index contributed by atoms with van der Waals surface area (Å²) in [4.78, 5) is 31.0. The van der Waals surface area contributed by atoms with Crippen LogP contribution < -0.4 is 0 Å². The summed E-state index contributed by atoms with van der Waals surface area (Å²) in [6.45, 7) is 4.11. The van der Waals surface area contributed by atoms with E-state index in [2.05, 4.69) is 10.0 Å². The largest absolute Gasteiger partial charge is 0.379 e. The zero-order chi connectivity index (χ0) is 25.8. The molecule has 2 aromatic carbocycles. The fourth-order valence-corrected chi connectivity index (χ4v) is 5.17. The van der Waals surface area contributed by atoms with Crippen LogP contribution in [0, 0.1) is 11.7 Å². The molecule has 0 spiro atoms. The number of carbonyl (C=O) groups is 2. The summed E-state index contributed by atoms with van der Waals surface area (Å²) in [5, 5.41) is 6.63. The number of morpholine rings is 1. The molecule has 0 radical (unpaired) electrons. The number of ether oxygens (including phenoxy) is 1. The van der Waals surface area contributed by atoms with Crippen molar-refractivity contribution in [3.63, 3.8) is 0 Å². The Labute approximate surface area is 221 Å². The molecule has 2 aliphatic heterocycles. The molecule has 5 rings (SSSR count). The average Bonchev–Trinajstić information content (AvgIpc) is 3.32. The number of hydrogen-bond donors (Lipinski definition) is 0. The van der Waals surface area contributed by atoms with Gasteiger partial charge in [-0.2, -0.15) is 5.10 Å². The van der Waals surface area contributed by atoms with Crippen molar-refractivity contribution in [1.82, 2.24) is 14.8 Å². The fraction of sp³-hybridized carbons (Fsp3) is 0.464. The van der Waals surface area contributed by atoms with Crippen molar-refractivity contribution in [3.8, 4) is 0 Å². The third-order valence-electron chi connectivity index (χ3n) is 7.49. The lowest BCUT2D eigenvalue weighted by Crippen LogP contribution is -2.49. The SMILES string of the molecule is O=C(C1CCC1)N(CCN1CCOCC1)CC(=O)N1N=C(c2ccccc2F)C[C@H]1c1ccc(Cl)cc1. The number of halogens is 2. The molecule has 9 heteroatoms. The van der Waals surface area contributed by atoms with E-state index in [4.69, 9.17) is 16.3 Å². The zero-order valence-electron chi connectivity index (χ0n) is 20.8. The van der Waals surface area contributed by atoms with Crippen molar-refractivity contribution in [3.05, 3.63) is 70.5 Å². The Kier molecular flexibility index (Phi) is 8.17. The Balaban J connectivity index is 1.37. The second-order valence-corrected chi connectivity index (χ2v) is 10.3. The molecule has 1 saturated heterocycles. The molecule has 2 heterocycles. The minimum atomic E-state index is -0.403. The van der Waals surface area contributed by atoms with Gasteiger partial charge < -0.3 is 9.64 Å². The summed E-state index contributed by atoms with van der Waals surface area (Å²) in [6.07, 6.45) is 3.16. The van der Waals surface area contributed by atoms with Crippen LogP contribution in [-0.2, 0) is 14.3 Å². The van der Waals surface area contributed by atoms with Gasteiger partial charge in [-0.25, -0.2) is 9.40 Å². The van der Waals surface area contributed by atoms with Crippen molar-refractivity contribution < 1.29 is 18.7 Å². The molecular weight excluding hydrogens is 495 g/mol. The minimum absolute atomic E-state index is 0.0133. The topological polar surface area (TPSA) is 65.5 Å². The fourth-order valence-electron chi connectivity index (χ4n) is 5.05. The monoisotopic (exact) mass is 526 g/mol. The molecule has 7 nitrogen and oxygen atoms in total. The van der Waals surface area contributed by atoms with E-state index in [0.29, 0.717) is 49.0 Å². The molecule has 3 aliphatic rings. The molecule has 1 aliphatic carbocycles. The summed E-state index contributed by atoms with van der Waals surface area (Å²) in [5.74, 6) is -0.632. The molecule has 2 aromatic rings. The molecule has 1 atom stereocenters. The van der Waals surface area contributed by atoms with Gasteiger partial charge in [-0.05, 0) is 36.6 Å². The Morgan fingerprint density at radius 3 is 2.49 bits per heavy atom. The zero-order valence-corrected chi connectivity index (χ0v) is 21.6. The number of nitrogens with zero attached hydrogens (tertiary/aromatic N) is 4. The predicted octanol–water partition coefficient (Wildman–Crippen LogP) is 4.12. The molecule has 0 bridgehead atoms. The van der Waals surface area contributed by atoms with Crippen LogP contribution in [0.15, 0.2) is 53.6 Å². The first-order chi connectivity index (χ1) is 18.0. The molecule has 2 fully saturated rings. The van der Waals surface area contributed by atoms with Crippen LogP contribution in [0.4, 0.5) is 4.39 Å². The van der Waals surface area contributed by atoms with Gasteiger partial charge in [-0.15, -0.1) is 0 Å². The lowest BCUT2D eigenvalue weighted by atomic mass is 9.84. The number of carbonyl (C=O) groups excluding carboxylic acids is 2. The average molecular weight is 527 g/mol. The number of benzene rings is 2. The maximum Gasteiger partial charge on any atom is 0.262 e. The van der Waals surface area contributed by atoms with E-state index >= 15 is 0 Å². The molecular formula is C28H32ClFN4O3. The van der Waals surface area contributed by atoms with Crippen molar-refractivity contribution in [2.24, 2.45) is 11.0 Å². The van der Waals surface area contributed by atoms with Crippen molar-refractivity contribution >= 4 is 29.1 Å². The summed E-state index contributed by atoms with van der Waals surface area (Å²) in [7, 11) is 0. The van der Waals surface area contributed by atoms with Gasteiger partial charge in [0.1, 0.15) is 12.4 Å². The van der Waals surface area contributed by atoms with Crippen LogP contribution in [0.1, 0.15) is 42.9 Å². The molecule has 2 amide bonds. The first kappa shape index (κ1) is 25.8. The predicted molar refractivity (Wildman–Crippen MR) is 140 cm³/mol. The van der Waals surface area contributed by atoms with Gasteiger partial charge in [0.05, 0.1) is 25.0 Å². The highest BCUT2D eigenvalue weighted by Gasteiger charge is 2.37. The van der Waals surface area contributed by atoms with Gasteiger partial charge in [0.2, 0.25) is 5.91 Å². The Hall–Kier alpha value is -2.81. The number of hydrogen-bond acceptors (Lipinski definition) is 5. The third kappa shape index (κ3) is 6.03. The van der Waals surface area contributed by atoms with Gasteiger partial charge in [-0.3, -0.25) is 14.5 Å². The second kappa shape index (κ2) is 11.7. The highest BCUT2D eigenvalue weighted by Crippen LogP contribution is 2.34. The van der Waals surface area contributed by atoms with Gasteiger partial charge in [-0.1, -0.05) is 48.4 Å². The van der Waals surface area contributed by atoms with Crippen LogP contribution in [0.3, 0.4) is 0 Å². The van der Waals surface area contributed by atoms with Crippen LogP contribution in [-0.4, -0.2) is 78.3 Å². The van der Waals surface area contributed by atoms with Gasteiger partial charge >= 0.3 is 0 Å². The minimum Gasteiger partial charge on any atom is -0.379 e. The van der Waals surface area contributed by atoms with Crippen molar-refractivity contribution in [2.45, 2.75) is 31.7 Å². The molecule has 0 N–H and O–H groups in total. The summed E-state index contributed by atoms with van der Waals surface area (Å²) in [6, 6.07) is 13.3. The second-order valence-electron chi connectivity index (χ2n) is 9.88. The maximum absolute atomic E-state index is 14.6. The van der Waals surface area contributed by atoms with Gasteiger partial charge in [0.15, 0.2) is 0 Å². The molecule has 37 heavy (non-hydrogen) atoms. The number of rotatable bonds is 8. The first-order valence-corrected chi connectivity index (χ1v) is 13.4. The van der Waals surface area contributed by atoms with Crippen LogP contribution in [0.2, 0.25) is 5.02 Å². The van der Waals surface area contributed by atoms with Crippen molar-refractivity contribution in [2.75, 3.05) is 45.9 Å². The Morgan fingerprint density at radius 1 is 1.08 bits per heavy atom. The van der Waals surface area contributed by atoms with Gasteiger partial charge in [0, 0.05) is 49.1 Å². The summed E-state index contributed by atoms with van der Waals surface area (Å²) < 4.78 is 20.0.